The third kappa shape index (κ3) is 10.7. The number of likely N-dealkylation sites (N-methyl/N-ethyl adjacent to an activating group) is 1. The first-order valence-corrected chi connectivity index (χ1v) is 18.0. The van der Waals surface area contributed by atoms with Gasteiger partial charge in [-0.2, -0.15) is 0 Å². The molecule has 2 atom stereocenters. The van der Waals surface area contributed by atoms with Crippen LogP contribution in [-0.2, 0) is 22.4 Å². The number of pyridine rings is 2. The zero-order valence-corrected chi connectivity index (χ0v) is 30.6. The highest BCUT2D eigenvalue weighted by Crippen LogP contribution is 2.29. The lowest BCUT2D eigenvalue weighted by Gasteiger charge is -2.38. The van der Waals surface area contributed by atoms with Crippen molar-refractivity contribution < 1.29 is 19.1 Å². The van der Waals surface area contributed by atoms with E-state index in [1.807, 2.05) is 73.9 Å². The molecular weight excluding hydrogens is 656 g/mol. The van der Waals surface area contributed by atoms with Gasteiger partial charge >= 0.3 is 0 Å². The van der Waals surface area contributed by atoms with Crippen LogP contribution in [0.3, 0.4) is 0 Å². The lowest BCUT2D eigenvalue weighted by Crippen LogP contribution is -2.54. The van der Waals surface area contributed by atoms with Gasteiger partial charge in [0.1, 0.15) is 17.5 Å². The van der Waals surface area contributed by atoms with E-state index >= 15 is 0 Å². The predicted octanol–water partition coefficient (Wildman–Crippen LogP) is 3.14. The minimum Gasteiger partial charge on any atom is -0.495 e. The van der Waals surface area contributed by atoms with E-state index in [0.29, 0.717) is 45.1 Å². The number of methoxy groups -OCH3 is 2. The van der Waals surface area contributed by atoms with Crippen molar-refractivity contribution in [3.63, 3.8) is 0 Å². The molecule has 0 bridgehead atoms. The van der Waals surface area contributed by atoms with Crippen LogP contribution >= 0.6 is 0 Å². The highest BCUT2D eigenvalue weighted by Gasteiger charge is 2.28. The SMILES string of the molecule is CN[C@H](Cc1ccccn1)CN1CCN(c2ccccc2OC)CC1.COc1ccccc1N1CCN(C(=O)[C@@H](Cc2ccccn2)NC=O)CC1. The summed E-state index contributed by atoms with van der Waals surface area (Å²) < 4.78 is 10.9. The summed E-state index contributed by atoms with van der Waals surface area (Å²) in [5.74, 6) is 1.71. The van der Waals surface area contributed by atoms with Gasteiger partial charge in [0.25, 0.3) is 0 Å². The number of anilines is 2. The number of carbonyl (C=O) groups is 2. The number of para-hydroxylation sites is 4. The molecule has 6 rings (SSSR count). The fourth-order valence-electron chi connectivity index (χ4n) is 6.71. The molecule has 2 aliphatic rings. The van der Waals surface area contributed by atoms with Crippen LogP contribution in [0.4, 0.5) is 11.4 Å². The number of piperazine rings is 2. The number of hydrogen-bond acceptors (Lipinski definition) is 10. The molecule has 2 aromatic heterocycles. The van der Waals surface area contributed by atoms with Gasteiger partial charge in [0.05, 0.1) is 25.6 Å². The van der Waals surface area contributed by atoms with Crippen molar-refractivity contribution in [1.29, 1.82) is 0 Å². The summed E-state index contributed by atoms with van der Waals surface area (Å²) in [5, 5.41) is 6.09. The molecule has 0 unspecified atom stereocenters. The molecule has 276 valence electrons. The van der Waals surface area contributed by atoms with E-state index in [1.54, 1.807) is 25.3 Å². The van der Waals surface area contributed by atoms with Crippen LogP contribution < -0.4 is 29.9 Å². The zero-order chi connectivity index (χ0) is 36.5. The molecule has 0 saturated carbocycles. The number of nitrogens with zero attached hydrogens (tertiary/aromatic N) is 6. The maximum Gasteiger partial charge on any atom is 0.245 e. The van der Waals surface area contributed by atoms with Crippen LogP contribution in [0.25, 0.3) is 0 Å². The molecule has 52 heavy (non-hydrogen) atoms. The van der Waals surface area contributed by atoms with E-state index < -0.39 is 6.04 Å². The van der Waals surface area contributed by atoms with Gasteiger partial charge in [0, 0.05) is 102 Å². The number of hydrogen-bond donors (Lipinski definition) is 2. The Bertz CT molecular complexity index is 1650. The lowest BCUT2D eigenvalue weighted by molar-refractivity contribution is -0.135. The van der Waals surface area contributed by atoms with Gasteiger partial charge in [-0.1, -0.05) is 36.4 Å². The number of rotatable bonds is 14. The van der Waals surface area contributed by atoms with Crippen molar-refractivity contribution in [3.8, 4) is 11.5 Å². The van der Waals surface area contributed by atoms with Crippen molar-refractivity contribution in [2.24, 2.45) is 0 Å². The molecule has 0 spiro atoms. The van der Waals surface area contributed by atoms with Crippen LogP contribution in [0.5, 0.6) is 11.5 Å². The maximum atomic E-state index is 12.9. The smallest absolute Gasteiger partial charge is 0.245 e. The molecular formula is C40H52N8O4. The topological polar surface area (TPSA) is 115 Å². The van der Waals surface area contributed by atoms with Crippen molar-refractivity contribution in [2.75, 3.05) is 90.0 Å². The fourth-order valence-corrected chi connectivity index (χ4v) is 6.71. The zero-order valence-electron chi connectivity index (χ0n) is 30.6. The maximum absolute atomic E-state index is 12.9. The van der Waals surface area contributed by atoms with Gasteiger partial charge in [-0.15, -0.1) is 0 Å². The third-order valence-electron chi connectivity index (χ3n) is 9.59. The quantitative estimate of drug-likeness (QED) is 0.190. The molecule has 12 heteroatoms. The summed E-state index contributed by atoms with van der Waals surface area (Å²) in [5.41, 5.74) is 4.15. The Morgan fingerprint density at radius 1 is 0.712 bits per heavy atom. The van der Waals surface area contributed by atoms with Gasteiger partial charge in [0.2, 0.25) is 12.3 Å². The summed E-state index contributed by atoms with van der Waals surface area (Å²) in [7, 11) is 5.44. The average molecular weight is 709 g/mol. The molecule has 2 saturated heterocycles. The summed E-state index contributed by atoms with van der Waals surface area (Å²) >= 11 is 0. The number of ether oxygens (including phenoxy) is 2. The number of aromatic nitrogens is 2. The van der Waals surface area contributed by atoms with Gasteiger partial charge in [0.15, 0.2) is 0 Å². The second kappa shape index (κ2) is 20.0. The monoisotopic (exact) mass is 708 g/mol. The highest BCUT2D eigenvalue weighted by atomic mass is 16.5. The molecule has 12 nitrogen and oxygen atoms in total. The van der Waals surface area contributed by atoms with Crippen LogP contribution in [0.2, 0.25) is 0 Å². The van der Waals surface area contributed by atoms with Crippen molar-refractivity contribution in [2.45, 2.75) is 24.9 Å². The van der Waals surface area contributed by atoms with Crippen LogP contribution in [0.1, 0.15) is 11.4 Å². The standard InChI is InChI=1S/C20H24N4O3.C20H28N4O/c1-27-19-8-3-2-7-18(19)23-10-12-24(13-11-23)20(26)17(22-15-25)14-16-6-4-5-9-21-16;1-21-18(15-17-7-5-6-10-22-17)16-23-11-13-24(14-12-23)19-8-3-4-9-20(19)25-2/h2-9,15,17H,10-14H2,1H3,(H,22,25);3-10,18,21H,11-16H2,1-2H3/t17-;18-/m11/s1. The molecule has 4 heterocycles. The number of amides is 2. The molecule has 2 aliphatic heterocycles. The highest BCUT2D eigenvalue weighted by molar-refractivity contribution is 5.84. The number of benzene rings is 2. The Hall–Kier alpha value is -5.20. The largest absolute Gasteiger partial charge is 0.495 e. The van der Waals surface area contributed by atoms with Gasteiger partial charge in [-0.3, -0.25) is 24.5 Å². The minimum atomic E-state index is -0.602. The lowest BCUT2D eigenvalue weighted by atomic mass is 10.1. The van der Waals surface area contributed by atoms with Gasteiger partial charge in [-0.05, 0) is 55.6 Å². The van der Waals surface area contributed by atoms with Crippen molar-refractivity contribution >= 4 is 23.7 Å². The Labute approximate surface area is 307 Å². The predicted molar refractivity (Wildman–Crippen MR) is 205 cm³/mol. The summed E-state index contributed by atoms with van der Waals surface area (Å²) in [4.78, 5) is 41.5. The molecule has 2 amide bonds. The van der Waals surface area contributed by atoms with E-state index in [1.165, 1.54) is 5.69 Å². The molecule has 0 aliphatic carbocycles. The minimum absolute atomic E-state index is 0.0765. The summed E-state index contributed by atoms with van der Waals surface area (Å²) in [6.45, 7) is 7.85. The van der Waals surface area contributed by atoms with Crippen LogP contribution in [0.15, 0.2) is 97.3 Å². The molecule has 2 fully saturated rings. The normalized spacial score (nSPS) is 15.9. The van der Waals surface area contributed by atoms with Crippen LogP contribution in [-0.4, -0.2) is 124 Å². The van der Waals surface area contributed by atoms with E-state index in [4.69, 9.17) is 9.47 Å². The van der Waals surface area contributed by atoms with Gasteiger partial charge in [-0.25, -0.2) is 0 Å². The molecule has 2 N–H and O–H groups in total. The second-order valence-corrected chi connectivity index (χ2v) is 12.8. The Kier molecular flexibility index (Phi) is 14.6. The van der Waals surface area contributed by atoms with Crippen LogP contribution in [0, 0.1) is 0 Å². The Morgan fingerprint density at radius 2 is 1.21 bits per heavy atom. The fraction of sp³-hybridized carbons (Fsp3) is 0.400. The van der Waals surface area contributed by atoms with E-state index in [9.17, 15) is 9.59 Å². The molecule has 4 aromatic rings. The second-order valence-electron chi connectivity index (χ2n) is 12.8. The van der Waals surface area contributed by atoms with Crippen molar-refractivity contribution in [1.82, 2.24) is 30.4 Å². The third-order valence-corrected chi connectivity index (χ3v) is 9.59. The summed E-state index contributed by atoms with van der Waals surface area (Å²) in [6, 6.07) is 27.6. The Balaban J connectivity index is 0.000000202. The van der Waals surface area contributed by atoms with E-state index in [2.05, 4.69) is 59.6 Å². The van der Waals surface area contributed by atoms with E-state index in [-0.39, 0.29) is 5.91 Å². The summed E-state index contributed by atoms with van der Waals surface area (Å²) in [6.07, 6.45) is 5.48. The number of nitrogens with one attached hydrogen (secondary N) is 2. The van der Waals surface area contributed by atoms with Gasteiger partial charge < -0.3 is 34.8 Å². The molecule has 2 aromatic carbocycles. The average Bonchev–Trinajstić information content (AvgIpc) is 3.21. The Morgan fingerprint density at radius 3 is 1.69 bits per heavy atom. The first-order valence-electron chi connectivity index (χ1n) is 18.0. The number of carbonyl (C=O) groups excluding carboxylic acids is 2. The van der Waals surface area contributed by atoms with E-state index in [0.717, 1.165) is 67.7 Å². The molecule has 0 radical (unpaired) electrons. The first kappa shape index (κ1) is 38.0. The van der Waals surface area contributed by atoms with Crippen molar-refractivity contribution in [3.05, 3.63) is 109 Å². The first-order chi connectivity index (χ1) is 25.5.